The molecule has 0 saturated carbocycles. The van der Waals surface area contributed by atoms with E-state index >= 15 is 0 Å². The van der Waals surface area contributed by atoms with Gasteiger partial charge in [-0.2, -0.15) is 0 Å². The van der Waals surface area contributed by atoms with Gasteiger partial charge in [-0.05, 0) is 67.4 Å². The Balaban J connectivity index is 1.03. The Morgan fingerprint density at radius 3 is 1.32 bits per heavy atom. The standard InChI is InChI=1S/C52H41N3Si/c1-56(2,3)47-32-30-37(31-33-47)36-22-24-38(25-23-36)43-16-9-17-44(34-43)45-18-10-19-46(35-45)52-54-50(41-13-5-4-6-14-41)53-51(55-52)42-28-26-40(27-29-42)49-21-11-15-39-12-7-8-20-48(39)49/h4-35H,1-3H3. The van der Waals surface area contributed by atoms with Gasteiger partial charge in [0.05, 0.1) is 8.07 Å². The van der Waals surface area contributed by atoms with Crippen LogP contribution in [0.25, 0.3) is 89.4 Å². The molecule has 0 unspecified atom stereocenters. The zero-order valence-electron chi connectivity index (χ0n) is 31.8. The molecular weight excluding hydrogens is 695 g/mol. The molecule has 0 spiro atoms. The Bertz CT molecular complexity index is 2800. The monoisotopic (exact) mass is 735 g/mol. The van der Waals surface area contributed by atoms with E-state index in [2.05, 4.69) is 183 Å². The smallest absolute Gasteiger partial charge is 0.164 e. The van der Waals surface area contributed by atoms with Crippen LogP contribution in [-0.2, 0) is 0 Å². The molecule has 0 fully saturated rings. The lowest BCUT2D eigenvalue weighted by Crippen LogP contribution is -2.37. The van der Waals surface area contributed by atoms with E-state index in [1.54, 1.807) is 0 Å². The maximum atomic E-state index is 5.08. The molecule has 56 heavy (non-hydrogen) atoms. The average Bonchev–Trinajstić information content (AvgIpc) is 3.26. The van der Waals surface area contributed by atoms with Gasteiger partial charge < -0.3 is 0 Å². The van der Waals surface area contributed by atoms with E-state index in [-0.39, 0.29) is 0 Å². The summed E-state index contributed by atoms with van der Waals surface area (Å²) in [6, 6.07) is 69.0. The zero-order chi connectivity index (χ0) is 38.1. The maximum absolute atomic E-state index is 5.08. The van der Waals surface area contributed by atoms with Gasteiger partial charge in [0.25, 0.3) is 0 Å². The molecule has 1 aromatic heterocycles. The molecule has 0 aliphatic rings. The van der Waals surface area contributed by atoms with Crippen molar-refractivity contribution in [3.05, 3.63) is 194 Å². The molecule has 268 valence electrons. The van der Waals surface area contributed by atoms with Gasteiger partial charge in [0.2, 0.25) is 0 Å². The van der Waals surface area contributed by atoms with Gasteiger partial charge in [0.15, 0.2) is 17.5 Å². The van der Waals surface area contributed by atoms with Crippen LogP contribution in [0.5, 0.6) is 0 Å². The maximum Gasteiger partial charge on any atom is 0.164 e. The SMILES string of the molecule is C[Si](C)(C)c1ccc(-c2ccc(-c3cccc(-c4cccc(-c5nc(-c6ccccc6)nc(-c6ccc(-c7cccc8ccccc78)cc6)n5)c4)c3)cc2)cc1. The predicted molar refractivity (Wildman–Crippen MR) is 238 cm³/mol. The second-order valence-electron chi connectivity index (χ2n) is 15.3. The molecule has 1 heterocycles. The third-order valence-corrected chi connectivity index (χ3v) is 12.6. The normalized spacial score (nSPS) is 11.5. The van der Waals surface area contributed by atoms with E-state index < -0.39 is 8.07 Å². The molecule has 0 bridgehead atoms. The minimum absolute atomic E-state index is 0.637. The van der Waals surface area contributed by atoms with E-state index in [9.17, 15) is 0 Å². The molecule has 4 heteroatoms. The summed E-state index contributed by atoms with van der Waals surface area (Å²) in [5.41, 5.74) is 12.3. The Labute approximate surface area is 330 Å². The van der Waals surface area contributed by atoms with Crippen LogP contribution in [0.15, 0.2) is 194 Å². The van der Waals surface area contributed by atoms with E-state index in [1.807, 2.05) is 30.3 Å². The number of fused-ring (bicyclic) bond motifs is 1. The fourth-order valence-corrected chi connectivity index (χ4v) is 8.53. The van der Waals surface area contributed by atoms with Crippen molar-refractivity contribution in [2.24, 2.45) is 0 Å². The average molecular weight is 736 g/mol. The van der Waals surface area contributed by atoms with E-state index in [4.69, 9.17) is 15.0 Å². The summed E-state index contributed by atoms with van der Waals surface area (Å²) in [7, 11) is -1.33. The van der Waals surface area contributed by atoms with Crippen LogP contribution in [0.1, 0.15) is 0 Å². The van der Waals surface area contributed by atoms with Crippen LogP contribution in [-0.4, -0.2) is 23.0 Å². The summed E-state index contributed by atoms with van der Waals surface area (Å²) in [5, 5.41) is 3.94. The number of nitrogens with zero attached hydrogens (tertiary/aromatic N) is 3. The van der Waals surface area contributed by atoms with Crippen LogP contribution in [0.3, 0.4) is 0 Å². The minimum Gasteiger partial charge on any atom is -0.208 e. The first kappa shape index (κ1) is 35.0. The lowest BCUT2D eigenvalue weighted by Gasteiger charge is -2.16. The van der Waals surface area contributed by atoms with Crippen molar-refractivity contribution >= 4 is 24.0 Å². The van der Waals surface area contributed by atoms with E-state index in [1.165, 1.54) is 43.8 Å². The molecule has 9 aromatic rings. The largest absolute Gasteiger partial charge is 0.208 e. The first-order valence-electron chi connectivity index (χ1n) is 19.2. The molecule has 0 amide bonds. The summed E-state index contributed by atoms with van der Waals surface area (Å²) in [4.78, 5) is 15.1. The number of rotatable bonds is 8. The quantitative estimate of drug-likeness (QED) is 0.146. The van der Waals surface area contributed by atoms with Crippen LogP contribution in [0, 0.1) is 0 Å². The lowest BCUT2D eigenvalue weighted by molar-refractivity contribution is 1.07. The zero-order valence-corrected chi connectivity index (χ0v) is 32.8. The van der Waals surface area contributed by atoms with E-state index in [0.717, 1.165) is 33.4 Å². The summed E-state index contributed by atoms with van der Waals surface area (Å²) in [6.45, 7) is 7.17. The molecule has 0 atom stereocenters. The van der Waals surface area contributed by atoms with Gasteiger partial charge in [0, 0.05) is 16.7 Å². The number of benzene rings is 8. The van der Waals surface area contributed by atoms with Crippen LogP contribution < -0.4 is 5.19 Å². The van der Waals surface area contributed by atoms with Crippen molar-refractivity contribution < 1.29 is 0 Å². The van der Waals surface area contributed by atoms with Gasteiger partial charge in [0.1, 0.15) is 0 Å². The molecule has 0 radical (unpaired) electrons. The summed E-state index contributed by atoms with van der Waals surface area (Å²) < 4.78 is 0. The summed E-state index contributed by atoms with van der Waals surface area (Å²) >= 11 is 0. The van der Waals surface area contributed by atoms with Crippen molar-refractivity contribution in [1.82, 2.24) is 15.0 Å². The third kappa shape index (κ3) is 7.23. The third-order valence-electron chi connectivity index (χ3n) is 10.5. The molecule has 8 aromatic carbocycles. The summed E-state index contributed by atoms with van der Waals surface area (Å²) in [6.07, 6.45) is 0. The Morgan fingerprint density at radius 2 is 0.696 bits per heavy atom. The van der Waals surface area contributed by atoms with Crippen LogP contribution in [0.2, 0.25) is 19.6 Å². The van der Waals surface area contributed by atoms with Gasteiger partial charge >= 0.3 is 0 Å². The topological polar surface area (TPSA) is 38.7 Å². The minimum atomic E-state index is -1.33. The van der Waals surface area contributed by atoms with E-state index in [0.29, 0.717) is 17.5 Å². The predicted octanol–water partition coefficient (Wildman–Crippen LogP) is 13.2. The fourth-order valence-electron chi connectivity index (χ4n) is 7.36. The molecular formula is C52H41N3Si. The number of hydrogen-bond acceptors (Lipinski definition) is 3. The Hall–Kier alpha value is -6.75. The van der Waals surface area contributed by atoms with Crippen molar-refractivity contribution in [2.45, 2.75) is 19.6 Å². The van der Waals surface area contributed by atoms with Gasteiger partial charge in [-0.25, -0.2) is 15.0 Å². The fraction of sp³-hybridized carbons (Fsp3) is 0.0577. The van der Waals surface area contributed by atoms with Crippen molar-refractivity contribution in [3.63, 3.8) is 0 Å². The van der Waals surface area contributed by atoms with Crippen LogP contribution in [0.4, 0.5) is 0 Å². The van der Waals surface area contributed by atoms with Gasteiger partial charge in [-0.15, -0.1) is 0 Å². The number of hydrogen-bond donors (Lipinski definition) is 0. The molecule has 0 aliphatic carbocycles. The highest BCUT2D eigenvalue weighted by Gasteiger charge is 2.16. The Morgan fingerprint density at radius 1 is 0.304 bits per heavy atom. The van der Waals surface area contributed by atoms with Crippen molar-refractivity contribution in [3.8, 4) is 78.7 Å². The van der Waals surface area contributed by atoms with Crippen LogP contribution >= 0.6 is 0 Å². The van der Waals surface area contributed by atoms with Gasteiger partial charge in [-0.3, -0.25) is 0 Å². The highest BCUT2D eigenvalue weighted by Crippen LogP contribution is 2.33. The lowest BCUT2D eigenvalue weighted by atomic mass is 9.96. The first-order chi connectivity index (χ1) is 27.4. The molecule has 0 N–H and O–H groups in total. The first-order valence-corrected chi connectivity index (χ1v) is 22.7. The second-order valence-corrected chi connectivity index (χ2v) is 20.4. The summed E-state index contributed by atoms with van der Waals surface area (Å²) in [5.74, 6) is 1.92. The number of aromatic nitrogens is 3. The Kier molecular flexibility index (Phi) is 9.26. The molecule has 0 aliphatic heterocycles. The molecule has 0 saturated heterocycles. The highest BCUT2D eigenvalue weighted by atomic mass is 28.3. The molecule has 9 rings (SSSR count). The second kappa shape index (κ2) is 14.8. The highest BCUT2D eigenvalue weighted by molar-refractivity contribution is 6.88. The van der Waals surface area contributed by atoms with Crippen molar-refractivity contribution in [2.75, 3.05) is 0 Å². The van der Waals surface area contributed by atoms with Crippen molar-refractivity contribution in [1.29, 1.82) is 0 Å². The molecule has 3 nitrogen and oxygen atoms in total. The van der Waals surface area contributed by atoms with Gasteiger partial charge in [-0.1, -0.05) is 207 Å².